The highest BCUT2D eigenvalue weighted by atomic mass is 32.2. The molecule has 4 heteroatoms. The molecule has 1 aliphatic heterocycles. The molecule has 1 amide bonds. The molecule has 1 heterocycles. The molecule has 1 aliphatic rings. The van der Waals surface area contributed by atoms with Crippen molar-refractivity contribution in [1.29, 1.82) is 0 Å². The summed E-state index contributed by atoms with van der Waals surface area (Å²) in [6.45, 7) is 1.40. The maximum absolute atomic E-state index is 12.7. The van der Waals surface area contributed by atoms with E-state index in [2.05, 4.69) is 5.32 Å². The van der Waals surface area contributed by atoms with Crippen LogP contribution in [-0.4, -0.2) is 25.2 Å². The second kappa shape index (κ2) is 8.18. The Kier molecular flexibility index (Phi) is 5.72. The summed E-state index contributed by atoms with van der Waals surface area (Å²) in [7, 11) is 0. The summed E-state index contributed by atoms with van der Waals surface area (Å²) in [6, 6.07) is 20.0. The van der Waals surface area contributed by atoms with Gasteiger partial charge in [-0.3, -0.25) is 4.79 Å². The molecule has 3 rings (SSSR count). The van der Waals surface area contributed by atoms with Crippen LogP contribution in [-0.2, 0) is 9.53 Å². The molecule has 3 nitrogen and oxygen atoms in total. The fraction of sp³-hybridized carbons (Fsp3) is 0.316. The predicted octanol–water partition coefficient (Wildman–Crippen LogP) is 3.82. The van der Waals surface area contributed by atoms with E-state index >= 15 is 0 Å². The number of amides is 1. The number of nitrogens with one attached hydrogen (secondary N) is 1. The first-order valence-electron chi connectivity index (χ1n) is 7.99. The van der Waals surface area contributed by atoms with E-state index < -0.39 is 0 Å². The van der Waals surface area contributed by atoms with Crippen LogP contribution in [0.3, 0.4) is 0 Å². The van der Waals surface area contributed by atoms with Crippen LogP contribution in [0.1, 0.15) is 23.7 Å². The molecule has 120 valence electrons. The lowest BCUT2D eigenvalue weighted by Gasteiger charge is -2.18. The Morgan fingerprint density at radius 2 is 1.83 bits per heavy atom. The molecule has 0 aromatic heterocycles. The highest BCUT2D eigenvalue weighted by Gasteiger charge is 2.23. The van der Waals surface area contributed by atoms with Gasteiger partial charge in [0.05, 0.1) is 6.10 Å². The van der Waals surface area contributed by atoms with E-state index in [9.17, 15) is 4.79 Å². The zero-order valence-electron chi connectivity index (χ0n) is 13.0. The van der Waals surface area contributed by atoms with Gasteiger partial charge in [0.25, 0.3) is 0 Å². The minimum Gasteiger partial charge on any atom is -0.376 e. The van der Waals surface area contributed by atoms with Crippen molar-refractivity contribution in [2.75, 3.05) is 13.2 Å². The summed E-state index contributed by atoms with van der Waals surface area (Å²) in [5.41, 5.74) is 1.02. The fourth-order valence-electron chi connectivity index (χ4n) is 2.65. The van der Waals surface area contributed by atoms with Crippen molar-refractivity contribution in [3.8, 4) is 0 Å². The first-order chi connectivity index (χ1) is 11.3. The molecule has 0 aliphatic carbocycles. The topological polar surface area (TPSA) is 38.3 Å². The van der Waals surface area contributed by atoms with Crippen LogP contribution in [0.5, 0.6) is 0 Å². The summed E-state index contributed by atoms with van der Waals surface area (Å²) in [5.74, 6) is 0.0422. The molecule has 0 bridgehead atoms. The van der Waals surface area contributed by atoms with E-state index in [1.54, 1.807) is 11.8 Å². The number of thioether (sulfide) groups is 1. The normalized spacial score (nSPS) is 18.5. The van der Waals surface area contributed by atoms with Gasteiger partial charge < -0.3 is 10.1 Å². The molecule has 2 aromatic carbocycles. The summed E-state index contributed by atoms with van der Waals surface area (Å²) in [5, 5.41) is 2.81. The molecule has 2 atom stereocenters. The monoisotopic (exact) mass is 327 g/mol. The Morgan fingerprint density at radius 1 is 1.13 bits per heavy atom. The quantitative estimate of drug-likeness (QED) is 0.820. The number of hydrogen-bond acceptors (Lipinski definition) is 3. The number of rotatable bonds is 6. The molecule has 0 spiro atoms. The summed E-state index contributed by atoms with van der Waals surface area (Å²) >= 11 is 1.58. The summed E-state index contributed by atoms with van der Waals surface area (Å²) in [6.07, 6.45) is 2.28. The third-order valence-corrected chi connectivity index (χ3v) is 5.13. The van der Waals surface area contributed by atoms with Crippen molar-refractivity contribution >= 4 is 17.7 Å². The largest absolute Gasteiger partial charge is 0.376 e. The second-order valence-electron chi connectivity index (χ2n) is 5.60. The lowest BCUT2D eigenvalue weighted by molar-refractivity contribution is -0.121. The van der Waals surface area contributed by atoms with E-state index in [1.807, 2.05) is 60.7 Å². The smallest absolute Gasteiger partial charge is 0.238 e. The summed E-state index contributed by atoms with van der Waals surface area (Å²) in [4.78, 5) is 13.8. The molecule has 2 aromatic rings. The van der Waals surface area contributed by atoms with Crippen LogP contribution < -0.4 is 5.32 Å². The highest BCUT2D eigenvalue weighted by molar-refractivity contribution is 8.00. The number of benzene rings is 2. The van der Waals surface area contributed by atoms with Gasteiger partial charge in [-0.25, -0.2) is 0 Å². The third kappa shape index (κ3) is 4.60. The van der Waals surface area contributed by atoms with Crippen molar-refractivity contribution in [3.63, 3.8) is 0 Å². The van der Waals surface area contributed by atoms with Crippen LogP contribution in [0.2, 0.25) is 0 Å². The molecule has 0 radical (unpaired) electrons. The lowest BCUT2D eigenvalue weighted by atomic mass is 10.1. The van der Waals surface area contributed by atoms with Gasteiger partial charge in [0, 0.05) is 18.0 Å². The van der Waals surface area contributed by atoms with Crippen LogP contribution in [0.25, 0.3) is 0 Å². The van der Waals surface area contributed by atoms with E-state index in [-0.39, 0.29) is 17.3 Å². The van der Waals surface area contributed by atoms with Gasteiger partial charge in [0.2, 0.25) is 5.91 Å². The molecule has 1 N–H and O–H groups in total. The summed E-state index contributed by atoms with van der Waals surface area (Å²) < 4.78 is 5.59. The third-order valence-electron chi connectivity index (χ3n) is 3.87. The Balaban J connectivity index is 1.70. The van der Waals surface area contributed by atoms with Gasteiger partial charge in [-0.15, -0.1) is 11.8 Å². The van der Waals surface area contributed by atoms with Crippen molar-refractivity contribution < 1.29 is 9.53 Å². The maximum Gasteiger partial charge on any atom is 0.238 e. The number of carbonyl (C=O) groups excluding carboxylic acids is 1. The molecule has 23 heavy (non-hydrogen) atoms. The molecule has 1 saturated heterocycles. The minimum atomic E-state index is -0.250. The number of hydrogen-bond donors (Lipinski definition) is 1. The minimum absolute atomic E-state index is 0.0422. The van der Waals surface area contributed by atoms with Crippen LogP contribution in [0, 0.1) is 0 Å². The van der Waals surface area contributed by atoms with Gasteiger partial charge in [0.1, 0.15) is 5.25 Å². The molecule has 0 unspecified atom stereocenters. The zero-order chi connectivity index (χ0) is 15.9. The Bertz CT molecular complexity index is 612. The van der Waals surface area contributed by atoms with Crippen molar-refractivity contribution in [3.05, 3.63) is 66.2 Å². The Morgan fingerprint density at radius 3 is 2.48 bits per heavy atom. The number of ether oxygens (including phenoxy) is 1. The van der Waals surface area contributed by atoms with Gasteiger partial charge in [0.15, 0.2) is 0 Å². The average molecular weight is 327 g/mol. The molecular weight excluding hydrogens is 306 g/mol. The van der Waals surface area contributed by atoms with Crippen LogP contribution >= 0.6 is 11.8 Å². The Labute approximate surface area is 141 Å². The maximum atomic E-state index is 12.7. The highest BCUT2D eigenvalue weighted by Crippen LogP contribution is 2.35. The van der Waals surface area contributed by atoms with Crippen molar-refractivity contribution in [2.24, 2.45) is 0 Å². The van der Waals surface area contributed by atoms with E-state index in [1.165, 1.54) is 0 Å². The van der Waals surface area contributed by atoms with Crippen molar-refractivity contribution in [2.45, 2.75) is 29.1 Å². The SMILES string of the molecule is O=C(NC[C@H]1CCCO1)[C@@H](Sc1ccccc1)c1ccccc1. The van der Waals surface area contributed by atoms with Crippen LogP contribution in [0.4, 0.5) is 0 Å². The molecule has 1 fully saturated rings. The zero-order valence-corrected chi connectivity index (χ0v) is 13.8. The first-order valence-corrected chi connectivity index (χ1v) is 8.87. The Hall–Kier alpha value is -1.78. The average Bonchev–Trinajstić information content (AvgIpc) is 3.13. The van der Waals surface area contributed by atoms with E-state index in [0.29, 0.717) is 6.54 Å². The van der Waals surface area contributed by atoms with E-state index in [0.717, 1.165) is 29.9 Å². The second-order valence-corrected chi connectivity index (χ2v) is 6.78. The lowest BCUT2D eigenvalue weighted by Crippen LogP contribution is -2.34. The molecule has 0 saturated carbocycles. The first kappa shape index (κ1) is 16.1. The standard InChI is InChI=1S/C19H21NO2S/c21-19(20-14-16-10-7-13-22-16)18(15-8-3-1-4-9-15)23-17-11-5-2-6-12-17/h1-6,8-9,11-12,16,18H,7,10,13-14H2,(H,20,21)/t16-,18+/m1/s1. The van der Waals surface area contributed by atoms with Gasteiger partial charge >= 0.3 is 0 Å². The van der Waals surface area contributed by atoms with Crippen molar-refractivity contribution in [1.82, 2.24) is 5.32 Å². The van der Waals surface area contributed by atoms with Gasteiger partial charge in [-0.1, -0.05) is 48.5 Å². The molecular formula is C19H21NO2S. The predicted molar refractivity (Wildman–Crippen MR) is 93.5 cm³/mol. The fourth-order valence-corrected chi connectivity index (χ4v) is 3.72. The van der Waals surface area contributed by atoms with E-state index in [4.69, 9.17) is 4.74 Å². The number of carbonyl (C=O) groups is 1. The van der Waals surface area contributed by atoms with Gasteiger partial charge in [-0.2, -0.15) is 0 Å². The van der Waals surface area contributed by atoms with Gasteiger partial charge in [-0.05, 0) is 30.5 Å². The van der Waals surface area contributed by atoms with Crippen LogP contribution in [0.15, 0.2) is 65.6 Å².